The maximum atomic E-state index is 5.88. The van der Waals surface area contributed by atoms with Gasteiger partial charge in [0.15, 0.2) is 5.82 Å². The van der Waals surface area contributed by atoms with Crippen LogP contribution in [0.15, 0.2) is 0 Å². The van der Waals surface area contributed by atoms with Crippen LogP contribution in [0.4, 0.5) is 5.82 Å². The second-order valence-electron chi connectivity index (χ2n) is 4.00. The molecule has 1 aromatic heterocycles. The van der Waals surface area contributed by atoms with E-state index in [-0.39, 0.29) is 0 Å². The Labute approximate surface area is 84.5 Å². The fraction of sp³-hybridized carbons (Fsp3) is 0.700. The highest BCUT2D eigenvalue weighted by Crippen LogP contribution is 2.24. The summed E-state index contributed by atoms with van der Waals surface area (Å²) >= 11 is 0. The first-order valence-electron chi connectivity index (χ1n) is 5.26. The normalized spacial score (nSPS) is 21.9. The van der Waals surface area contributed by atoms with E-state index in [0.29, 0.717) is 6.04 Å². The molecule has 14 heavy (non-hydrogen) atoms. The summed E-state index contributed by atoms with van der Waals surface area (Å²) in [6.07, 6.45) is 2.11. The molecule has 0 aliphatic carbocycles. The van der Waals surface area contributed by atoms with E-state index in [1.807, 2.05) is 0 Å². The molecule has 2 rings (SSSR count). The van der Waals surface area contributed by atoms with E-state index in [1.165, 1.54) is 11.3 Å². The average Bonchev–Trinajstić information content (AvgIpc) is 2.71. The summed E-state index contributed by atoms with van der Waals surface area (Å²) in [5.41, 5.74) is 8.40. The molecule has 0 aromatic carbocycles. The van der Waals surface area contributed by atoms with Gasteiger partial charge in [-0.25, -0.2) is 0 Å². The molecule has 1 atom stereocenters. The van der Waals surface area contributed by atoms with E-state index >= 15 is 0 Å². The number of hydrogen-bond acceptors (Lipinski definition) is 3. The third kappa shape index (κ3) is 1.50. The number of aryl methyl sites for hydroxylation is 1. The van der Waals surface area contributed by atoms with Gasteiger partial charge in [0.25, 0.3) is 0 Å². The van der Waals surface area contributed by atoms with Crippen LogP contribution in [0.5, 0.6) is 0 Å². The molecule has 1 saturated heterocycles. The van der Waals surface area contributed by atoms with Crippen LogP contribution >= 0.6 is 0 Å². The van der Waals surface area contributed by atoms with Crippen molar-refractivity contribution in [3.05, 3.63) is 11.3 Å². The number of anilines is 1. The van der Waals surface area contributed by atoms with Crippen molar-refractivity contribution in [2.24, 2.45) is 5.73 Å². The molecule has 0 bridgehead atoms. The van der Waals surface area contributed by atoms with Crippen LogP contribution in [-0.2, 0) is 6.42 Å². The second-order valence-corrected chi connectivity index (χ2v) is 4.00. The lowest BCUT2D eigenvalue weighted by atomic mass is 10.2. The van der Waals surface area contributed by atoms with Gasteiger partial charge < -0.3 is 10.6 Å². The molecule has 3 N–H and O–H groups in total. The van der Waals surface area contributed by atoms with Crippen LogP contribution in [0.1, 0.15) is 24.6 Å². The number of rotatable bonds is 2. The van der Waals surface area contributed by atoms with E-state index < -0.39 is 0 Å². The molecular formula is C10H18N4. The van der Waals surface area contributed by atoms with Crippen molar-refractivity contribution < 1.29 is 0 Å². The lowest BCUT2D eigenvalue weighted by Gasteiger charge is -2.16. The van der Waals surface area contributed by atoms with Gasteiger partial charge in [0.05, 0.1) is 0 Å². The van der Waals surface area contributed by atoms with E-state index in [0.717, 1.165) is 31.7 Å². The van der Waals surface area contributed by atoms with Crippen LogP contribution in [0.3, 0.4) is 0 Å². The standard InChI is InChI=1S/C10H18N4/c1-3-9-7(2)12-13-10(9)14-5-4-8(11)6-14/h8H,3-6,11H2,1-2H3,(H,12,13). The van der Waals surface area contributed by atoms with Gasteiger partial charge in [0.2, 0.25) is 0 Å². The number of nitrogens with one attached hydrogen (secondary N) is 1. The number of aromatic amines is 1. The summed E-state index contributed by atoms with van der Waals surface area (Å²) in [7, 11) is 0. The van der Waals surface area contributed by atoms with Crippen LogP contribution in [-0.4, -0.2) is 29.3 Å². The van der Waals surface area contributed by atoms with Crippen LogP contribution < -0.4 is 10.6 Å². The molecule has 1 unspecified atom stereocenters. The molecule has 0 amide bonds. The van der Waals surface area contributed by atoms with Crippen molar-refractivity contribution in [1.29, 1.82) is 0 Å². The second kappa shape index (κ2) is 3.61. The summed E-state index contributed by atoms with van der Waals surface area (Å²) in [6.45, 7) is 6.22. The van der Waals surface area contributed by atoms with E-state index in [2.05, 4.69) is 28.9 Å². The molecule has 1 fully saturated rings. The first-order chi connectivity index (χ1) is 6.72. The Morgan fingerprint density at radius 2 is 2.43 bits per heavy atom. The molecule has 1 aliphatic rings. The zero-order chi connectivity index (χ0) is 10.1. The third-order valence-electron chi connectivity index (χ3n) is 2.93. The third-order valence-corrected chi connectivity index (χ3v) is 2.93. The average molecular weight is 194 g/mol. The van der Waals surface area contributed by atoms with Gasteiger partial charge in [0.1, 0.15) is 0 Å². The fourth-order valence-electron chi connectivity index (χ4n) is 2.10. The molecule has 0 saturated carbocycles. The quantitative estimate of drug-likeness (QED) is 0.732. The highest BCUT2D eigenvalue weighted by molar-refractivity contribution is 5.49. The largest absolute Gasteiger partial charge is 0.353 e. The van der Waals surface area contributed by atoms with E-state index in [9.17, 15) is 0 Å². The van der Waals surface area contributed by atoms with Gasteiger partial charge in [-0.15, -0.1) is 0 Å². The van der Waals surface area contributed by atoms with Gasteiger partial charge in [-0.05, 0) is 19.8 Å². The van der Waals surface area contributed by atoms with Crippen molar-refractivity contribution in [2.45, 2.75) is 32.7 Å². The van der Waals surface area contributed by atoms with Crippen molar-refractivity contribution in [1.82, 2.24) is 10.2 Å². The van der Waals surface area contributed by atoms with Crippen LogP contribution in [0.25, 0.3) is 0 Å². The highest BCUT2D eigenvalue weighted by atomic mass is 15.3. The number of hydrogen-bond donors (Lipinski definition) is 2. The van der Waals surface area contributed by atoms with E-state index in [4.69, 9.17) is 5.73 Å². The van der Waals surface area contributed by atoms with Crippen molar-refractivity contribution in [2.75, 3.05) is 18.0 Å². The van der Waals surface area contributed by atoms with Gasteiger partial charge in [-0.2, -0.15) is 5.10 Å². The van der Waals surface area contributed by atoms with Gasteiger partial charge in [-0.3, -0.25) is 5.10 Å². The topological polar surface area (TPSA) is 57.9 Å². The number of H-pyrrole nitrogens is 1. The summed E-state index contributed by atoms with van der Waals surface area (Å²) in [4.78, 5) is 2.28. The Kier molecular flexibility index (Phi) is 2.46. The summed E-state index contributed by atoms with van der Waals surface area (Å²) in [6, 6.07) is 0.316. The zero-order valence-electron chi connectivity index (χ0n) is 8.88. The maximum Gasteiger partial charge on any atom is 0.153 e. The summed E-state index contributed by atoms with van der Waals surface area (Å²) < 4.78 is 0. The Balaban J connectivity index is 2.23. The van der Waals surface area contributed by atoms with Crippen molar-refractivity contribution in [3.8, 4) is 0 Å². The maximum absolute atomic E-state index is 5.88. The minimum atomic E-state index is 0.316. The molecule has 0 radical (unpaired) electrons. The molecule has 1 aromatic rings. The van der Waals surface area contributed by atoms with Crippen molar-refractivity contribution >= 4 is 5.82 Å². The first kappa shape index (κ1) is 9.52. The Morgan fingerprint density at radius 1 is 1.64 bits per heavy atom. The predicted octanol–water partition coefficient (Wildman–Crippen LogP) is 0.818. The van der Waals surface area contributed by atoms with Crippen LogP contribution in [0.2, 0.25) is 0 Å². The van der Waals surface area contributed by atoms with Crippen LogP contribution in [0, 0.1) is 6.92 Å². The van der Waals surface area contributed by atoms with Crippen molar-refractivity contribution in [3.63, 3.8) is 0 Å². The van der Waals surface area contributed by atoms with Gasteiger partial charge in [-0.1, -0.05) is 6.92 Å². The number of nitrogens with two attached hydrogens (primary N) is 1. The lowest BCUT2D eigenvalue weighted by Crippen LogP contribution is -2.27. The molecule has 4 heteroatoms. The summed E-state index contributed by atoms with van der Waals surface area (Å²) in [5.74, 6) is 1.11. The molecule has 78 valence electrons. The number of aromatic nitrogens is 2. The molecule has 0 spiro atoms. The SMILES string of the molecule is CCc1c(N2CCC(N)C2)n[nH]c1C. The predicted molar refractivity (Wildman–Crippen MR) is 57.5 cm³/mol. The monoisotopic (exact) mass is 194 g/mol. The zero-order valence-corrected chi connectivity index (χ0v) is 8.88. The molecule has 1 aliphatic heterocycles. The van der Waals surface area contributed by atoms with Gasteiger partial charge >= 0.3 is 0 Å². The van der Waals surface area contributed by atoms with Gasteiger partial charge in [0, 0.05) is 30.4 Å². The Hall–Kier alpha value is -1.03. The number of nitrogens with zero attached hydrogens (tertiary/aromatic N) is 2. The fourth-order valence-corrected chi connectivity index (χ4v) is 2.10. The van der Waals surface area contributed by atoms with E-state index in [1.54, 1.807) is 0 Å². The molecular weight excluding hydrogens is 176 g/mol. The Bertz CT molecular complexity index is 318. The molecule has 2 heterocycles. The Morgan fingerprint density at radius 3 is 3.00 bits per heavy atom. The lowest BCUT2D eigenvalue weighted by molar-refractivity contribution is 0.751. The minimum Gasteiger partial charge on any atom is -0.353 e. The summed E-state index contributed by atoms with van der Waals surface area (Å²) in [5, 5.41) is 7.40. The first-order valence-corrected chi connectivity index (χ1v) is 5.26. The smallest absolute Gasteiger partial charge is 0.153 e. The highest BCUT2D eigenvalue weighted by Gasteiger charge is 2.23. The molecule has 4 nitrogen and oxygen atoms in total. The minimum absolute atomic E-state index is 0.316.